The summed E-state index contributed by atoms with van der Waals surface area (Å²) in [6.07, 6.45) is 0. The molecular formula is C20H26N2. The lowest BCUT2D eigenvalue weighted by molar-refractivity contribution is 0.117. The number of hydrogen-bond acceptors (Lipinski definition) is 2. The number of benzene rings is 2. The zero-order valence-electron chi connectivity index (χ0n) is 13.6. The van der Waals surface area contributed by atoms with Crippen LogP contribution < -0.4 is 5.32 Å². The van der Waals surface area contributed by atoms with Crippen molar-refractivity contribution in [3.05, 3.63) is 60.2 Å². The number of nitrogens with zero attached hydrogens (tertiary/aromatic N) is 1. The lowest BCUT2D eigenvalue weighted by Crippen LogP contribution is -2.53. The predicted molar refractivity (Wildman–Crippen MR) is 93.8 cm³/mol. The van der Waals surface area contributed by atoms with Crippen molar-refractivity contribution < 1.29 is 0 Å². The van der Waals surface area contributed by atoms with E-state index in [4.69, 9.17) is 0 Å². The fraction of sp³-hybridized carbons (Fsp3) is 0.400. The fourth-order valence-electron chi connectivity index (χ4n) is 3.40. The average Bonchev–Trinajstić information content (AvgIpc) is 2.56. The standard InChI is InChI=1S/C20H26N2/c1-16(2)20-14-21-12-13-22(20)15-18-10-6-7-11-19(18)17-8-4-3-5-9-17/h3-11,16,20-21H,12-15H2,1-2H3. The largest absolute Gasteiger partial charge is 0.314 e. The SMILES string of the molecule is CC(C)C1CNCCN1Cc1ccccc1-c1ccccc1. The van der Waals surface area contributed by atoms with E-state index in [1.807, 2.05) is 0 Å². The summed E-state index contributed by atoms with van der Waals surface area (Å²) in [5, 5.41) is 3.54. The molecule has 2 heteroatoms. The minimum atomic E-state index is 0.623. The van der Waals surface area contributed by atoms with Crippen molar-refractivity contribution in [1.29, 1.82) is 0 Å². The van der Waals surface area contributed by atoms with Crippen LogP contribution in [0.2, 0.25) is 0 Å². The summed E-state index contributed by atoms with van der Waals surface area (Å²) in [6.45, 7) is 9.02. The van der Waals surface area contributed by atoms with Crippen LogP contribution in [0, 0.1) is 5.92 Å². The van der Waals surface area contributed by atoms with E-state index >= 15 is 0 Å². The van der Waals surface area contributed by atoms with Gasteiger partial charge in [-0.2, -0.15) is 0 Å². The molecule has 0 bridgehead atoms. The Labute approximate surface area is 134 Å². The highest BCUT2D eigenvalue weighted by atomic mass is 15.2. The molecule has 2 aromatic rings. The third-order valence-corrected chi connectivity index (χ3v) is 4.64. The van der Waals surface area contributed by atoms with Gasteiger partial charge in [0, 0.05) is 32.2 Å². The van der Waals surface area contributed by atoms with Crippen molar-refractivity contribution >= 4 is 0 Å². The fourth-order valence-corrected chi connectivity index (χ4v) is 3.40. The maximum Gasteiger partial charge on any atom is 0.0247 e. The minimum Gasteiger partial charge on any atom is -0.314 e. The molecule has 0 aliphatic carbocycles. The predicted octanol–water partition coefficient (Wildman–Crippen LogP) is 3.78. The molecule has 0 saturated carbocycles. The van der Waals surface area contributed by atoms with Crippen LogP contribution >= 0.6 is 0 Å². The zero-order valence-corrected chi connectivity index (χ0v) is 13.6. The van der Waals surface area contributed by atoms with Gasteiger partial charge in [0.1, 0.15) is 0 Å². The average molecular weight is 294 g/mol. The van der Waals surface area contributed by atoms with E-state index in [1.54, 1.807) is 0 Å². The molecule has 2 aromatic carbocycles. The molecule has 1 unspecified atom stereocenters. The Hall–Kier alpha value is -1.64. The molecule has 0 spiro atoms. The summed E-state index contributed by atoms with van der Waals surface area (Å²) in [6, 6.07) is 20.2. The first-order chi connectivity index (χ1) is 10.8. The van der Waals surface area contributed by atoms with E-state index < -0.39 is 0 Å². The van der Waals surface area contributed by atoms with E-state index in [9.17, 15) is 0 Å². The van der Waals surface area contributed by atoms with Crippen molar-refractivity contribution in [2.45, 2.75) is 26.4 Å². The van der Waals surface area contributed by atoms with Crippen LogP contribution in [0.1, 0.15) is 19.4 Å². The van der Waals surface area contributed by atoms with Gasteiger partial charge in [-0.1, -0.05) is 68.4 Å². The highest BCUT2D eigenvalue weighted by Gasteiger charge is 2.25. The summed E-state index contributed by atoms with van der Waals surface area (Å²) in [4.78, 5) is 2.64. The second kappa shape index (κ2) is 7.08. The molecule has 1 aliphatic rings. The lowest BCUT2D eigenvalue weighted by Gasteiger charge is -2.39. The second-order valence-corrected chi connectivity index (χ2v) is 6.51. The van der Waals surface area contributed by atoms with Crippen molar-refractivity contribution in [2.75, 3.05) is 19.6 Å². The molecule has 0 radical (unpaired) electrons. The van der Waals surface area contributed by atoms with Crippen LogP contribution in [0.15, 0.2) is 54.6 Å². The van der Waals surface area contributed by atoms with Crippen molar-refractivity contribution in [2.24, 2.45) is 5.92 Å². The molecule has 1 atom stereocenters. The van der Waals surface area contributed by atoms with Crippen LogP contribution in [-0.2, 0) is 6.54 Å². The monoisotopic (exact) mass is 294 g/mol. The first-order valence-electron chi connectivity index (χ1n) is 8.34. The van der Waals surface area contributed by atoms with Gasteiger partial charge in [0.2, 0.25) is 0 Å². The number of rotatable bonds is 4. The molecule has 1 fully saturated rings. The third kappa shape index (κ3) is 3.40. The van der Waals surface area contributed by atoms with Gasteiger partial charge in [-0.05, 0) is 22.6 Å². The molecule has 3 rings (SSSR count). The number of hydrogen-bond donors (Lipinski definition) is 1. The highest BCUT2D eigenvalue weighted by Crippen LogP contribution is 2.26. The first kappa shape index (κ1) is 15.3. The second-order valence-electron chi connectivity index (χ2n) is 6.51. The highest BCUT2D eigenvalue weighted by molar-refractivity contribution is 5.67. The molecule has 1 aliphatic heterocycles. The van der Waals surface area contributed by atoms with Crippen LogP contribution in [0.3, 0.4) is 0 Å². The van der Waals surface area contributed by atoms with E-state index in [-0.39, 0.29) is 0 Å². The maximum atomic E-state index is 3.54. The van der Waals surface area contributed by atoms with Crippen LogP contribution in [0.25, 0.3) is 11.1 Å². The first-order valence-corrected chi connectivity index (χ1v) is 8.34. The summed E-state index contributed by atoms with van der Waals surface area (Å²) in [5.41, 5.74) is 4.11. The Balaban J connectivity index is 1.86. The van der Waals surface area contributed by atoms with E-state index in [2.05, 4.69) is 78.7 Å². The van der Waals surface area contributed by atoms with Crippen molar-refractivity contribution in [1.82, 2.24) is 10.2 Å². The number of nitrogens with one attached hydrogen (secondary N) is 1. The van der Waals surface area contributed by atoms with Crippen LogP contribution in [-0.4, -0.2) is 30.6 Å². The molecule has 0 aromatic heterocycles. The maximum absolute atomic E-state index is 3.54. The molecule has 116 valence electrons. The quantitative estimate of drug-likeness (QED) is 0.923. The Morgan fingerprint density at radius 3 is 2.55 bits per heavy atom. The van der Waals surface area contributed by atoms with Crippen LogP contribution in [0.4, 0.5) is 0 Å². The normalized spacial score (nSPS) is 19.5. The molecule has 22 heavy (non-hydrogen) atoms. The van der Waals surface area contributed by atoms with Gasteiger partial charge in [-0.15, -0.1) is 0 Å². The smallest absolute Gasteiger partial charge is 0.0247 e. The van der Waals surface area contributed by atoms with Crippen molar-refractivity contribution in [3.8, 4) is 11.1 Å². The molecule has 1 saturated heterocycles. The Bertz CT molecular complexity index is 592. The third-order valence-electron chi connectivity index (χ3n) is 4.64. The summed E-state index contributed by atoms with van der Waals surface area (Å²) < 4.78 is 0. The van der Waals surface area contributed by atoms with Gasteiger partial charge < -0.3 is 5.32 Å². The van der Waals surface area contributed by atoms with Gasteiger partial charge >= 0.3 is 0 Å². The summed E-state index contributed by atoms with van der Waals surface area (Å²) in [5.74, 6) is 0.677. The van der Waals surface area contributed by atoms with Gasteiger partial charge in [-0.3, -0.25) is 4.90 Å². The summed E-state index contributed by atoms with van der Waals surface area (Å²) in [7, 11) is 0. The Morgan fingerprint density at radius 1 is 1.05 bits per heavy atom. The molecule has 2 nitrogen and oxygen atoms in total. The van der Waals surface area contributed by atoms with E-state index in [0.29, 0.717) is 12.0 Å². The van der Waals surface area contributed by atoms with E-state index in [1.165, 1.54) is 16.7 Å². The molecule has 0 amide bonds. The van der Waals surface area contributed by atoms with Gasteiger partial charge in [-0.25, -0.2) is 0 Å². The Kier molecular flexibility index (Phi) is 4.91. The zero-order chi connectivity index (χ0) is 15.4. The van der Waals surface area contributed by atoms with Gasteiger partial charge in [0.25, 0.3) is 0 Å². The topological polar surface area (TPSA) is 15.3 Å². The summed E-state index contributed by atoms with van der Waals surface area (Å²) >= 11 is 0. The Morgan fingerprint density at radius 2 is 1.77 bits per heavy atom. The van der Waals surface area contributed by atoms with E-state index in [0.717, 1.165) is 26.2 Å². The number of piperazine rings is 1. The van der Waals surface area contributed by atoms with Crippen LogP contribution in [0.5, 0.6) is 0 Å². The van der Waals surface area contributed by atoms with Gasteiger partial charge in [0.05, 0.1) is 0 Å². The van der Waals surface area contributed by atoms with Crippen molar-refractivity contribution in [3.63, 3.8) is 0 Å². The molecular weight excluding hydrogens is 268 g/mol. The molecule has 1 heterocycles. The van der Waals surface area contributed by atoms with Gasteiger partial charge in [0.15, 0.2) is 0 Å². The lowest BCUT2D eigenvalue weighted by atomic mass is 9.96. The minimum absolute atomic E-state index is 0.623. The molecule has 1 N–H and O–H groups in total.